The van der Waals surface area contributed by atoms with Crippen molar-refractivity contribution in [3.05, 3.63) is 218 Å². The highest BCUT2D eigenvalue weighted by Gasteiger charge is 2.23. The number of fused-ring (bicyclic) bond motifs is 6. The Hall–Kier alpha value is -7.21. The van der Waals surface area contributed by atoms with E-state index >= 15 is 0 Å². The summed E-state index contributed by atoms with van der Waals surface area (Å²) in [6.07, 6.45) is 9.87. The highest BCUT2D eigenvalue weighted by molar-refractivity contribution is 7.26. The minimum atomic E-state index is 0.108. The number of hydrogen-bond donors (Lipinski definition) is 0. The summed E-state index contributed by atoms with van der Waals surface area (Å²) < 4.78 is 5.06. The summed E-state index contributed by atoms with van der Waals surface area (Å²) in [7, 11) is 0. The van der Waals surface area contributed by atoms with Gasteiger partial charge in [-0.05, 0) is 109 Å². The van der Waals surface area contributed by atoms with Crippen molar-refractivity contribution in [2.45, 2.75) is 12.5 Å². The van der Waals surface area contributed by atoms with Crippen LogP contribution < -0.4 is 9.80 Å². The van der Waals surface area contributed by atoms with Gasteiger partial charge in [0.2, 0.25) is 0 Å². The van der Waals surface area contributed by atoms with Crippen LogP contribution in [0, 0.1) is 0 Å². The van der Waals surface area contributed by atoms with Crippen LogP contribution >= 0.6 is 11.3 Å². The van der Waals surface area contributed by atoms with E-state index in [4.69, 9.17) is 4.98 Å². The first kappa shape index (κ1) is 34.1. The minimum absolute atomic E-state index is 0.108. The van der Waals surface area contributed by atoms with Crippen LogP contribution in [-0.4, -0.2) is 15.6 Å². The number of aromatic nitrogens is 2. The van der Waals surface area contributed by atoms with Gasteiger partial charge in [0, 0.05) is 65.6 Å². The van der Waals surface area contributed by atoms with Crippen molar-refractivity contribution in [3.8, 4) is 5.69 Å². The molecule has 3 aromatic heterocycles. The van der Waals surface area contributed by atoms with Gasteiger partial charge in [0.1, 0.15) is 5.82 Å². The van der Waals surface area contributed by atoms with Crippen molar-refractivity contribution in [2.75, 3.05) is 9.80 Å². The van der Waals surface area contributed by atoms with E-state index in [2.05, 4.69) is 202 Å². The molecule has 0 radical (unpaired) electrons. The average Bonchev–Trinajstić information content (AvgIpc) is 3.85. The first-order valence-electron chi connectivity index (χ1n) is 19.8. The lowest BCUT2D eigenvalue weighted by Gasteiger charge is -2.34. The van der Waals surface area contributed by atoms with E-state index in [0.717, 1.165) is 40.7 Å². The van der Waals surface area contributed by atoms with Gasteiger partial charge < -0.3 is 9.47 Å². The molecule has 58 heavy (non-hydrogen) atoms. The average molecular weight is 763 g/mol. The number of pyridine rings is 1. The predicted octanol–water partition coefficient (Wildman–Crippen LogP) is 14.6. The largest absolute Gasteiger partial charge is 0.334 e. The lowest BCUT2D eigenvalue weighted by Crippen LogP contribution is -2.30. The molecule has 0 fully saturated rings. The molecule has 10 aromatic rings. The zero-order chi connectivity index (χ0) is 38.4. The van der Waals surface area contributed by atoms with Crippen LogP contribution in [0.4, 0.5) is 28.6 Å². The van der Waals surface area contributed by atoms with Gasteiger partial charge in [0.15, 0.2) is 0 Å². The van der Waals surface area contributed by atoms with E-state index in [0.29, 0.717) is 0 Å². The Morgan fingerprint density at radius 1 is 0.517 bits per heavy atom. The van der Waals surface area contributed by atoms with E-state index in [1.807, 2.05) is 35.7 Å². The van der Waals surface area contributed by atoms with Gasteiger partial charge in [-0.3, -0.25) is 4.90 Å². The maximum absolute atomic E-state index is 4.74. The number of nitrogens with zero attached hydrogens (tertiary/aromatic N) is 4. The monoisotopic (exact) mass is 762 g/mol. The van der Waals surface area contributed by atoms with Crippen LogP contribution in [0.15, 0.2) is 212 Å². The molecule has 0 saturated carbocycles. The molecular weight excluding hydrogens is 725 g/mol. The number of thiophene rings is 1. The highest BCUT2D eigenvalue weighted by atomic mass is 32.1. The van der Waals surface area contributed by atoms with Crippen LogP contribution in [0.2, 0.25) is 0 Å². The molecule has 0 aliphatic heterocycles. The van der Waals surface area contributed by atoms with Gasteiger partial charge >= 0.3 is 0 Å². The second-order valence-corrected chi connectivity index (χ2v) is 15.8. The number of rotatable bonds is 8. The highest BCUT2D eigenvalue weighted by Crippen LogP contribution is 2.42. The van der Waals surface area contributed by atoms with Crippen LogP contribution in [0.1, 0.15) is 12.0 Å². The Labute approximate surface area is 341 Å². The van der Waals surface area contributed by atoms with Crippen molar-refractivity contribution in [1.29, 1.82) is 0 Å². The lowest BCUT2D eigenvalue weighted by molar-refractivity contribution is 0.787. The summed E-state index contributed by atoms with van der Waals surface area (Å²) in [6, 6.07) is 67.5. The second kappa shape index (κ2) is 14.4. The molecule has 1 aliphatic carbocycles. The molecule has 0 spiro atoms. The zero-order valence-electron chi connectivity index (χ0n) is 31.7. The molecule has 0 bridgehead atoms. The van der Waals surface area contributed by atoms with Gasteiger partial charge in [0.25, 0.3) is 0 Å². The topological polar surface area (TPSA) is 24.3 Å². The Kier molecular flexibility index (Phi) is 8.45. The quantitative estimate of drug-likeness (QED) is 0.154. The molecule has 276 valence electrons. The summed E-state index contributed by atoms with van der Waals surface area (Å²) in [5.74, 6) is 0.875. The number of anilines is 5. The Morgan fingerprint density at radius 3 is 1.81 bits per heavy atom. The van der Waals surface area contributed by atoms with Gasteiger partial charge in [-0.1, -0.05) is 115 Å². The lowest BCUT2D eigenvalue weighted by atomic mass is 9.94. The van der Waals surface area contributed by atoms with Gasteiger partial charge in [-0.15, -0.1) is 11.3 Å². The predicted molar refractivity (Wildman–Crippen MR) is 247 cm³/mol. The van der Waals surface area contributed by atoms with Crippen LogP contribution in [0.5, 0.6) is 0 Å². The van der Waals surface area contributed by atoms with Crippen molar-refractivity contribution in [3.63, 3.8) is 0 Å². The fraction of sp³-hybridized carbons (Fsp3) is 0.0377. The molecule has 0 N–H and O–H groups in total. The SMILES string of the molecule is C1=CC(N(c2ccc(N(c3ccccc3)c3ccccn3)cc2)c2ccc(-n3c4ccccc4c4ccccc43)cc2)CC=C1c1cccc2c1sc1ccccc12. The van der Waals surface area contributed by atoms with Gasteiger partial charge in [-0.2, -0.15) is 0 Å². The number of allylic oxidation sites excluding steroid dienone is 2. The fourth-order valence-electron chi connectivity index (χ4n) is 8.71. The van der Waals surface area contributed by atoms with E-state index < -0.39 is 0 Å². The third kappa shape index (κ3) is 5.87. The van der Waals surface area contributed by atoms with Gasteiger partial charge in [0.05, 0.1) is 17.1 Å². The van der Waals surface area contributed by atoms with Crippen LogP contribution in [0.3, 0.4) is 0 Å². The molecule has 1 unspecified atom stereocenters. The maximum Gasteiger partial charge on any atom is 0.137 e. The van der Waals surface area contributed by atoms with Crippen molar-refractivity contribution in [1.82, 2.24) is 9.55 Å². The van der Waals surface area contributed by atoms with E-state index in [1.165, 1.54) is 53.1 Å². The summed E-state index contributed by atoms with van der Waals surface area (Å²) >= 11 is 1.89. The van der Waals surface area contributed by atoms with Crippen molar-refractivity contribution < 1.29 is 0 Å². The molecule has 1 aliphatic rings. The summed E-state index contributed by atoms with van der Waals surface area (Å²) in [5, 5.41) is 5.19. The Morgan fingerprint density at radius 2 is 1.12 bits per heavy atom. The molecular formula is C53H38N4S. The summed E-state index contributed by atoms with van der Waals surface area (Å²) in [4.78, 5) is 9.43. The zero-order valence-corrected chi connectivity index (χ0v) is 32.5. The Balaban J connectivity index is 0.986. The van der Waals surface area contributed by atoms with E-state index in [1.54, 1.807) is 0 Å². The molecule has 4 nitrogen and oxygen atoms in total. The van der Waals surface area contributed by atoms with Crippen molar-refractivity contribution in [2.24, 2.45) is 0 Å². The number of para-hydroxylation sites is 3. The first-order chi connectivity index (χ1) is 28.8. The standard InChI is InChI=1S/C53H38N4S/c1-2-13-38(14-3-1)56(52-23-10-11-36-54-52)42-32-28-40(29-33-42)55(39-26-24-37(25-27-39)44-18-12-19-48-47-17-6-9-22-51(47)58-53(44)48)41-30-34-43(35-31-41)57-49-20-7-4-15-45(49)46-16-5-8-21-50(46)57/h1-26,28-36,39H,27H2. The molecule has 11 rings (SSSR count). The number of hydrogen-bond acceptors (Lipinski definition) is 4. The molecule has 0 amide bonds. The number of benzene rings is 7. The third-order valence-electron chi connectivity index (χ3n) is 11.4. The van der Waals surface area contributed by atoms with Gasteiger partial charge in [-0.25, -0.2) is 4.98 Å². The molecule has 1 atom stereocenters. The normalized spacial score (nSPS) is 14.0. The molecule has 5 heteroatoms. The summed E-state index contributed by atoms with van der Waals surface area (Å²) in [5.41, 5.74) is 10.5. The minimum Gasteiger partial charge on any atom is -0.334 e. The molecule has 3 heterocycles. The maximum atomic E-state index is 4.74. The fourth-order valence-corrected chi connectivity index (χ4v) is 9.95. The third-order valence-corrected chi connectivity index (χ3v) is 12.6. The first-order valence-corrected chi connectivity index (χ1v) is 20.6. The van der Waals surface area contributed by atoms with Crippen LogP contribution in [0.25, 0.3) is 53.2 Å². The van der Waals surface area contributed by atoms with E-state index in [9.17, 15) is 0 Å². The van der Waals surface area contributed by atoms with E-state index in [-0.39, 0.29) is 6.04 Å². The summed E-state index contributed by atoms with van der Waals surface area (Å²) in [6.45, 7) is 0. The second-order valence-electron chi connectivity index (χ2n) is 14.7. The molecule has 0 saturated heterocycles. The van der Waals surface area contributed by atoms with Crippen molar-refractivity contribution >= 4 is 87.5 Å². The molecule has 7 aromatic carbocycles. The Bertz CT molecular complexity index is 3050. The smallest absolute Gasteiger partial charge is 0.137 e. The van der Waals surface area contributed by atoms with Crippen LogP contribution in [-0.2, 0) is 0 Å².